The predicted molar refractivity (Wildman–Crippen MR) is 130 cm³/mol. The summed E-state index contributed by atoms with van der Waals surface area (Å²) < 4.78 is 2.11. The van der Waals surface area contributed by atoms with Crippen LogP contribution in [0.1, 0.15) is 53.6 Å². The molecule has 2 aromatic carbocycles. The summed E-state index contributed by atoms with van der Waals surface area (Å²) in [6.45, 7) is 5.84. The lowest BCUT2D eigenvalue weighted by Crippen LogP contribution is -2.31. The van der Waals surface area contributed by atoms with Crippen LogP contribution in [0.5, 0.6) is 0 Å². The Morgan fingerprint density at radius 2 is 1.88 bits per heavy atom. The monoisotopic (exact) mass is 445 g/mol. The molecule has 0 atom stereocenters. The highest BCUT2D eigenvalue weighted by Gasteiger charge is 2.23. The van der Waals surface area contributed by atoms with Gasteiger partial charge in [-0.25, -0.2) is 0 Å². The number of para-hydroxylation sites is 1. The van der Waals surface area contributed by atoms with Gasteiger partial charge in [-0.15, -0.1) is 0 Å². The van der Waals surface area contributed by atoms with E-state index in [0.29, 0.717) is 18.7 Å². The van der Waals surface area contributed by atoms with Crippen molar-refractivity contribution in [2.45, 2.75) is 51.7 Å². The van der Waals surface area contributed by atoms with Crippen molar-refractivity contribution in [3.63, 3.8) is 0 Å². The molecule has 2 heterocycles. The number of Topliss-reactive ketones (excluding diaryl/α,β-unsaturated/α-hetero) is 1. The van der Waals surface area contributed by atoms with E-state index in [1.54, 1.807) is 0 Å². The van der Waals surface area contributed by atoms with E-state index >= 15 is 0 Å². The van der Waals surface area contributed by atoms with Gasteiger partial charge in [0.2, 0.25) is 0 Å². The summed E-state index contributed by atoms with van der Waals surface area (Å²) in [6.07, 6.45) is 7.38. The molecule has 0 saturated heterocycles. The Bertz CT molecular complexity index is 1130. The topological polar surface area (TPSA) is 72.4 Å². The normalized spacial score (nSPS) is 12.5. The van der Waals surface area contributed by atoms with Crippen LogP contribution in [0.3, 0.4) is 0 Å². The van der Waals surface area contributed by atoms with Crippen molar-refractivity contribution in [2.75, 3.05) is 6.54 Å². The van der Waals surface area contributed by atoms with Crippen LogP contribution >= 0.6 is 0 Å². The number of carbonyl (C=O) groups is 2. The highest BCUT2D eigenvalue weighted by Crippen LogP contribution is 2.29. The summed E-state index contributed by atoms with van der Waals surface area (Å²) in [5.41, 5.74) is 7.67. The van der Waals surface area contributed by atoms with Gasteiger partial charge >= 0.3 is 0 Å². The minimum Gasteiger partial charge on any atom is -0.349 e. The van der Waals surface area contributed by atoms with Crippen LogP contribution < -0.4 is 10.8 Å². The molecule has 1 amide bonds. The van der Waals surface area contributed by atoms with Gasteiger partial charge < -0.3 is 9.88 Å². The van der Waals surface area contributed by atoms with Crippen molar-refractivity contribution in [1.82, 2.24) is 15.4 Å². The molecule has 0 spiro atoms. The van der Waals surface area contributed by atoms with Crippen LogP contribution in [0.2, 0.25) is 0 Å². The van der Waals surface area contributed by atoms with E-state index in [1.165, 1.54) is 5.56 Å². The fraction of sp³-hybridized carbons (Fsp3) is 0.333. The molecule has 0 aliphatic carbocycles. The van der Waals surface area contributed by atoms with Crippen molar-refractivity contribution in [3.05, 3.63) is 83.7 Å². The average Bonchev–Trinajstić information content (AvgIpc) is 3.22. The van der Waals surface area contributed by atoms with Gasteiger partial charge in [0.1, 0.15) is 0 Å². The molecule has 172 valence electrons. The lowest BCUT2D eigenvalue weighted by Gasteiger charge is -2.14. The third kappa shape index (κ3) is 5.71. The van der Waals surface area contributed by atoms with Crippen molar-refractivity contribution < 1.29 is 14.4 Å². The molecule has 1 aliphatic rings. The van der Waals surface area contributed by atoms with E-state index < -0.39 is 11.7 Å². The standard InChI is InChI=1S/C27H31N3O3/c1-20(29-33-19-21-11-5-2-6-12-21)10-4-3-7-16-28-27(32)26(31)24-18-30-17-9-14-22-13-8-15-23(24)25(22)30/h2,5-6,8,11-13,15,18,29H,1,3-4,7,9-10,14,16-17,19H2,(H,28,32). The molecule has 1 aliphatic heterocycles. The smallest absolute Gasteiger partial charge is 0.292 e. The first-order valence-corrected chi connectivity index (χ1v) is 11.7. The quantitative estimate of drug-likeness (QED) is 0.184. The molecule has 3 aromatic rings. The lowest BCUT2D eigenvalue weighted by molar-refractivity contribution is -0.117. The van der Waals surface area contributed by atoms with Gasteiger partial charge in [-0.3, -0.25) is 19.9 Å². The summed E-state index contributed by atoms with van der Waals surface area (Å²) in [5, 5.41) is 3.67. The number of rotatable bonds is 12. The molecular formula is C27H31N3O3. The molecule has 4 rings (SSSR count). The fourth-order valence-electron chi connectivity index (χ4n) is 4.33. The van der Waals surface area contributed by atoms with Gasteiger partial charge in [-0.1, -0.05) is 61.5 Å². The maximum atomic E-state index is 12.8. The Balaban J connectivity index is 1.14. The van der Waals surface area contributed by atoms with Gasteiger partial charge in [0.15, 0.2) is 0 Å². The zero-order chi connectivity index (χ0) is 23.0. The minimum absolute atomic E-state index is 0.453. The van der Waals surface area contributed by atoms with Crippen molar-refractivity contribution in [3.8, 4) is 0 Å². The first-order valence-electron chi connectivity index (χ1n) is 11.7. The highest BCUT2D eigenvalue weighted by atomic mass is 16.6. The van der Waals surface area contributed by atoms with Crippen molar-refractivity contribution in [2.24, 2.45) is 0 Å². The van der Waals surface area contributed by atoms with Crippen LogP contribution in [0.25, 0.3) is 10.9 Å². The van der Waals surface area contributed by atoms with Crippen LogP contribution in [0.4, 0.5) is 0 Å². The number of carbonyl (C=O) groups excluding carboxylic acids is 2. The number of nitrogens with zero attached hydrogens (tertiary/aromatic N) is 1. The number of aryl methyl sites for hydroxylation is 2. The summed E-state index contributed by atoms with van der Waals surface area (Å²) in [4.78, 5) is 30.7. The summed E-state index contributed by atoms with van der Waals surface area (Å²) in [6, 6.07) is 16.0. The number of aromatic nitrogens is 1. The van der Waals surface area contributed by atoms with Gasteiger partial charge in [0, 0.05) is 30.4 Å². The second-order valence-corrected chi connectivity index (χ2v) is 8.53. The summed E-state index contributed by atoms with van der Waals surface area (Å²) in [5.74, 6) is -0.981. The van der Waals surface area contributed by atoms with E-state index in [0.717, 1.165) is 67.2 Å². The van der Waals surface area contributed by atoms with Crippen molar-refractivity contribution in [1.29, 1.82) is 0 Å². The molecule has 33 heavy (non-hydrogen) atoms. The predicted octanol–water partition coefficient (Wildman–Crippen LogP) is 4.68. The highest BCUT2D eigenvalue weighted by molar-refractivity contribution is 6.45. The van der Waals surface area contributed by atoms with E-state index in [1.807, 2.05) is 48.7 Å². The van der Waals surface area contributed by atoms with Crippen LogP contribution in [-0.2, 0) is 29.2 Å². The van der Waals surface area contributed by atoms with E-state index in [4.69, 9.17) is 4.84 Å². The number of ketones is 1. The number of nitrogens with one attached hydrogen (secondary N) is 2. The van der Waals surface area contributed by atoms with Crippen LogP contribution in [0.15, 0.2) is 67.0 Å². The largest absolute Gasteiger partial charge is 0.349 e. The molecule has 0 saturated carbocycles. The number of hydrogen-bond donors (Lipinski definition) is 2. The Morgan fingerprint density at radius 3 is 2.73 bits per heavy atom. The van der Waals surface area contributed by atoms with Gasteiger partial charge in [0.25, 0.3) is 11.7 Å². The number of amides is 1. The van der Waals surface area contributed by atoms with Gasteiger partial charge in [-0.05, 0) is 43.2 Å². The Labute approximate surface area is 194 Å². The number of allylic oxidation sites excluding steroid dienone is 1. The second-order valence-electron chi connectivity index (χ2n) is 8.53. The van der Waals surface area contributed by atoms with E-state index in [2.05, 4.69) is 28.0 Å². The molecule has 6 heteroatoms. The van der Waals surface area contributed by atoms with E-state index in [9.17, 15) is 9.59 Å². The molecule has 6 nitrogen and oxygen atoms in total. The minimum atomic E-state index is -0.529. The average molecular weight is 446 g/mol. The second kappa shape index (κ2) is 11.0. The molecule has 0 unspecified atom stereocenters. The number of unbranched alkanes of at least 4 members (excludes halogenated alkanes) is 2. The third-order valence-corrected chi connectivity index (χ3v) is 6.02. The Morgan fingerprint density at radius 1 is 1.03 bits per heavy atom. The van der Waals surface area contributed by atoms with Crippen molar-refractivity contribution >= 4 is 22.6 Å². The molecule has 0 radical (unpaired) electrons. The number of hydrogen-bond acceptors (Lipinski definition) is 4. The molecule has 2 N–H and O–H groups in total. The zero-order valence-corrected chi connectivity index (χ0v) is 18.9. The van der Waals surface area contributed by atoms with Crippen LogP contribution in [0, 0.1) is 0 Å². The van der Waals surface area contributed by atoms with Gasteiger partial charge in [-0.2, -0.15) is 0 Å². The van der Waals surface area contributed by atoms with Gasteiger partial charge in [0.05, 0.1) is 17.7 Å². The Kier molecular flexibility index (Phi) is 7.58. The molecule has 0 fully saturated rings. The number of benzene rings is 2. The zero-order valence-electron chi connectivity index (χ0n) is 18.9. The third-order valence-electron chi connectivity index (χ3n) is 6.02. The summed E-state index contributed by atoms with van der Waals surface area (Å²) in [7, 11) is 0. The first-order chi connectivity index (χ1) is 16.1. The van der Waals surface area contributed by atoms with E-state index in [-0.39, 0.29) is 0 Å². The number of hydroxylamine groups is 1. The fourth-order valence-corrected chi connectivity index (χ4v) is 4.33. The maximum Gasteiger partial charge on any atom is 0.292 e. The van der Waals surface area contributed by atoms with Crippen LogP contribution in [-0.4, -0.2) is 22.8 Å². The lowest BCUT2D eigenvalue weighted by atomic mass is 10.0. The Hall–Kier alpha value is -3.38. The SMILES string of the molecule is C=C(CCCCCNC(=O)C(=O)c1cn2c3c(cccc13)CCC2)NOCc1ccccc1. The first kappa shape index (κ1) is 22.8. The molecule has 1 aromatic heterocycles. The summed E-state index contributed by atoms with van der Waals surface area (Å²) >= 11 is 0. The maximum absolute atomic E-state index is 12.8. The molecule has 0 bridgehead atoms. The molecular weight excluding hydrogens is 414 g/mol.